The summed E-state index contributed by atoms with van der Waals surface area (Å²) in [5, 5.41) is 3.08. The van der Waals surface area contributed by atoms with Crippen LogP contribution >= 0.6 is 0 Å². The molecule has 0 saturated carbocycles. The van der Waals surface area contributed by atoms with Crippen molar-refractivity contribution in [1.29, 1.82) is 0 Å². The van der Waals surface area contributed by atoms with Gasteiger partial charge in [-0.15, -0.1) is 0 Å². The van der Waals surface area contributed by atoms with Crippen molar-refractivity contribution < 1.29 is 27.4 Å². The maximum Gasteiger partial charge on any atom is 0.411 e. The molecule has 0 aromatic rings. The van der Waals surface area contributed by atoms with Crippen molar-refractivity contribution in [2.24, 2.45) is 5.92 Å². The van der Waals surface area contributed by atoms with Crippen LogP contribution in [-0.2, 0) is 14.2 Å². The largest absolute Gasteiger partial charge is 0.411 e. The van der Waals surface area contributed by atoms with E-state index in [2.05, 4.69) is 5.32 Å². The van der Waals surface area contributed by atoms with E-state index in [9.17, 15) is 13.2 Å². The minimum Gasteiger partial charge on any atom is -0.378 e. The first-order valence-electron chi connectivity index (χ1n) is 6.98. The van der Waals surface area contributed by atoms with E-state index in [4.69, 9.17) is 14.2 Å². The maximum absolute atomic E-state index is 12.1. The zero-order valence-electron chi connectivity index (χ0n) is 11.7. The van der Waals surface area contributed by atoms with E-state index in [0.29, 0.717) is 19.8 Å². The summed E-state index contributed by atoms with van der Waals surface area (Å²) in [6.07, 6.45) is -1.76. The van der Waals surface area contributed by atoms with Crippen molar-refractivity contribution in [3.63, 3.8) is 0 Å². The number of alkyl halides is 3. The Morgan fingerprint density at radius 3 is 2.80 bits per heavy atom. The Morgan fingerprint density at radius 2 is 2.20 bits per heavy atom. The molecule has 2 aliphatic rings. The summed E-state index contributed by atoms with van der Waals surface area (Å²) in [6, 6.07) is -0.0845. The third-order valence-corrected chi connectivity index (χ3v) is 4.10. The van der Waals surface area contributed by atoms with Gasteiger partial charge >= 0.3 is 6.18 Å². The molecular weight excluding hydrogens is 275 g/mol. The highest BCUT2D eigenvalue weighted by Crippen LogP contribution is 2.37. The first kappa shape index (κ1) is 16.0. The standard InChI is InChI=1S/C13H22F3NO3/c1-17-11(7-19-9-13(14,15)16)10-2-4-20-12(6-10)3-5-18-8-12/h10-11,17H,2-9H2,1H3. The molecule has 2 aliphatic heterocycles. The molecule has 0 aromatic heterocycles. The van der Waals surface area contributed by atoms with E-state index < -0.39 is 12.8 Å². The summed E-state index contributed by atoms with van der Waals surface area (Å²) in [5.41, 5.74) is -0.234. The summed E-state index contributed by atoms with van der Waals surface area (Å²) in [6.45, 7) is 0.788. The molecule has 7 heteroatoms. The van der Waals surface area contributed by atoms with E-state index in [1.807, 2.05) is 0 Å². The zero-order valence-corrected chi connectivity index (χ0v) is 11.7. The number of ether oxygens (including phenoxy) is 3. The van der Waals surface area contributed by atoms with Crippen LogP contribution in [0.3, 0.4) is 0 Å². The first-order chi connectivity index (χ1) is 9.44. The quantitative estimate of drug-likeness (QED) is 0.839. The van der Waals surface area contributed by atoms with Crippen LogP contribution in [-0.4, -0.2) is 57.9 Å². The van der Waals surface area contributed by atoms with Gasteiger partial charge in [-0.1, -0.05) is 0 Å². The molecule has 2 fully saturated rings. The molecule has 2 heterocycles. The average molecular weight is 297 g/mol. The molecule has 0 amide bonds. The van der Waals surface area contributed by atoms with Crippen LogP contribution in [0, 0.1) is 5.92 Å². The second kappa shape index (κ2) is 6.60. The van der Waals surface area contributed by atoms with Gasteiger partial charge in [-0.25, -0.2) is 0 Å². The summed E-state index contributed by atoms with van der Waals surface area (Å²) in [7, 11) is 1.76. The van der Waals surface area contributed by atoms with E-state index in [-0.39, 0.29) is 24.2 Å². The molecule has 118 valence electrons. The number of nitrogens with one attached hydrogen (secondary N) is 1. The molecule has 0 aromatic carbocycles. The van der Waals surface area contributed by atoms with E-state index >= 15 is 0 Å². The molecule has 2 rings (SSSR count). The lowest BCUT2D eigenvalue weighted by Gasteiger charge is -2.40. The van der Waals surface area contributed by atoms with Gasteiger partial charge in [0.15, 0.2) is 0 Å². The summed E-state index contributed by atoms with van der Waals surface area (Å²) in [5.74, 6) is 0.253. The molecule has 1 spiro atoms. The molecule has 0 bridgehead atoms. The highest BCUT2D eigenvalue weighted by Gasteiger charge is 2.43. The SMILES string of the molecule is CNC(COCC(F)(F)F)C1CCOC2(CCOC2)C1. The Hall–Kier alpha value is -0.370. The van der Waals surface area contributed by atoms with Crippen LogP contribution in [0.25, 0.3) is 0 Å². The topological polar surface area (TPSA) is 39.7 Å². The Morgan fingerprint density at radius 1 is 1.40 bits per heavy atom. The molecule has 3 unspecified atom stereocenters. The molecular formula is C13H22F3NO3. The second-order valence-corrected chi connectivity index (χ2v) is 5.61. The average Bonchev–Trinajstić information content (AvgIpc) is 2.81. The van der Waals surface area contributed by atoms with Gasteiger partial charge < -0.3 is 19.5 Å². The number of likely N-dealkylation sites (N-methyl/N-ethyl adjacent to an activating group) is 1. The van der Waals surface area contributed by atoms with Gasteiger partial charge in [-0.2, -0.15) is 13.2 Å². The predicted molar refractivity (Wildman–Crippen MR) is 66.6 cm³/mol. The molecule has 2 saturated heterocycles. The van der Waals surface area contributed by atoms with Gasteiger partial charge in [-0.05, 0) is 25.8 Å². The van der Waals surface area contributed by atoms with Crippen molar-refractivity contribution in [2.75, 3.05) is 40.1 Å². The smallest absolute Gasteiger partial charge is 0.378 e. The van der Waals surface area contributed by atoms with Gasteiger partial charge in [-0.3, -0.25) is 0 Å². The van der Waals surface area contributed by atoms with E-state index in [1.54, 1.807) is 7.05 Å². The van der Waals surface area contributed by atoms with Crippen LogP contribution in [0.15, 0.2) is 0 Å². The molecule has 0 radical (unpaired) electrons. The van der Waals surface area contributed by atoms with Crippen molar-refractivity contribution in [1.82, 2.24) is 5.32 Å². The Kier molecular flexibility index (Phi) is 5.28. The summed E-state index contributed by atoms with van der Waals surface area (Å²) < 4.78 is 52.4. The van der Waals surface area contributed by atoms with Gasteiger partial charge in [0, 0.05) is 25.7 Å². The molecule has 0 aliphatic carbocycles. The number of halogens is 3. The van der Waals surface area contributed by atoms with Crippen LogP contribution in [0.1, 0.15) is 19.3 Å². The fourth-order valence-electron chi connectivity index (χ4n) is 3.03. The highest BCUT2D eigenvalue weighted by molar-refractivity contribution is 4.93. The summed E-state index contributed by atoms with van der Waals surface area (Å²) in [4.78, 5) is 0. The third-order valence-electron chi connectivity index (χ3n) is 4.10. The maximum atomic E-state index is 12.1. The molecule has 20 heavy (non-hydrogen) atoms. The third kappa shape index (κ3) is 4.31. The van der Waals surface area contributed by atoms with Crippen LogP contribution in [0.2, 0.25) is 0 Å². The molecule has 3 atom stereocenters. The van der Waals surface area contributed by atoms with Crippen molar-refractivity contribution in [2.45, 2.75) is 37.1 Å². The van der Waals surface area contributed by atoms with Crippen molar-refractivity contribution in [3.05, 3.63) is 0 Å². The lowest BCUT2D eigenvalue weighted by molar-refractivity contribution is -0.177. The number of hydrogen-bond acceptors (Lipinski definition) is 4. The Labute approximate surface area is 116 Å². The fourth-order valence-corrected chi connectivity index (χ4v) is 3.03. The van der Waals surface area contributed by atoms with Crippen LogP contribution in [0.4, 0.5) is 13.2 Å². The van der Waals surface area contributed by atoms with E-state index in [1.165, 1.54) is 0 Å². The lowest BCUT2D eigenvalue weighted by atomic mass is 9.81. The molecule has 1 N–H and O–H groups in total. The zero-order chi connectivity index (χ0) is 14.6. The highest BCUT2D eigenvalue weighted by atomic mass is 19.4. The van der Waals surface area contributed by atoms with Gasteiger partial charge in [0.25, 0.3) is 0 Å². The normalized spacial score (nSPS) is 32.7. The number of hydrogen-bond donors (Lipinski definition) is 1. The van der Waals surface area contributed by atoms with Crippen molar-refractivity contribution in [3.8, 4) is 0 Å². The van der Waals surface area contributed by atoms with Gasteiger partial charge in [0.1, 0.15) is 6.61 Å². The summed E-state index contributed by atoms with van der Waals surface area (Å²) >= 11 is 0. The Bertz CT molecular complexity index is 306. The van der Waals surface area contributed by atoms with Crippen LogP contribution in [0.5, 0.6) is 0 Å². The first-order valence-corrected chi connectivity index (χ1v) is 6.98. The van der Waals surface area contributed by atoms with Gasteiger partial charge in [0.05, 0.1) is 18.8 Å². The van der Waals surface area contributed by atoms with Gasteiger partial charge in [0.2, 0.25) is 0 Å². The molecule has 4 nitrogen and oxygen atoms in total. The van der Waals surface area contributed by atoms with Crippen molar-refractivity contribution >= 4 is 0 Å². The van der Waals surface area contributed by atoms with E-state index in [0.717, 1.165) is 19.3 Å². The monoisotopic (exact) mass is 297 g/mol. The Balaban J connectivity index is 1.83. The predicted octanol–water partition coefficient (Wildman–Crippen LogP) is 1.74. The minimum atomic E-state index is -4.27. The van der Waals surface area contributed by atoms with Crippen LogP contribution < -0.4 is 5.32 Å². The fraction of sp³-hybridized carbons (Fsp3) is 1.00. The lowest BCUT2D eigenvalue weighted by Crippen LogP contribution is -2.48. The second-order valence-electron chi connectivity index (χ2n) is 5.61. The minimum absolute atomic E-state index is 0.0671. The number of rotatable bonds is 5.